The van der Waals surface area contributed by atoms with Gasteiger partial charge in [0.15, 0.2) is 0 Å². The van der Waals surface area contributed by atoms with E-state index >= 15 is 0 Å². The van der Waals surface area contributed by atoms with Crippen LogP contribution < -0.4 is 15.5 Å². The van der Waals surface area contributed by atoms with Crippen molar-refractivity contribution in [2.45, 2.75) is 24.0 Å². The molecule has 4 rings (SSSR count). The predicted octanol–water partition coefficient (Wildman–Crippen LogP) is 4.57. The standard InChI is InChI=1S/C25H28ClN3O3S/c26-25-22(9-4-10-23(25)32-13-5-12-27-15-21(31)17-30)18-7-3-8-20(14-18)28-29-16-19-6-1-2-11-24(19)33-29/h1-4,6-11,14,21,27-28,30-31H,5,12-13,15-17H2. The molecular formula is C25H28ClN3O3S. The molecule has 6 nitrogen and oxygen atoms in total. The monoisotopic (exact) mass is 485 g/mol. The SMILES string of the molecule is OCC(O)CNCCCOc1cccc(-c2cccc(NN3Cc4ccccc4S3)c2)c1Cl. The maximum absolute atomic E-state index is 9.34. The zero-order valence-corrected chi connectivity index (χ0v) is 19.8. The smallest absolute Gasteiger partial charge is 0.138 e. The van der Waals surface area contributed by atoms with Crippen LogP contribution in [0.1, 0.15) is 12.0 Å². The Kier molecular flexibility index (Phi) is 8.50. The Morgan fingerprint density at radius 2 is 1.94 bits per heavy atom. The van der Waals surface area contributed by atoms with Crippen LogP contribution in [0.3, 0.4) is 0 Å². The molecule has 33 heavy (non-hydrogen) atoms. The normalized spacial score (nSPS) is 14.2. The number of fused-ring (bicyclic) bond motifs is 1. The van der Waals surface area contributed by atoms with Crippen molar-refractivity contribution in [3.05, 3.63) is 77.3 Å². The first-order chi connectivity index (χ1) is 16.1. The van der Waals surface area contributed by atoms with Crippen LogP contribution in [-0.2, 0) is 6.54 Å². The molecule has 4 N–H and O–H groups in total. The van der Waals surface area contributed by atoms with Crippen LogP contribution in [0.25, 0.3) is 11.1 Å². The maximum Gasteiger partial charge on any atom is 0.138 e. The quantitative estimate of drug-likeness (QED) is 0.234. The summed E-state index contributed by atoms with van der Waals surface area (Å²) in [6.45, 7) is 2.13. The topological polar surface area (TPSA) is 77.0 Å². The minimum Gasteiger partial charge on any atom is -0.492 e. The Labute approximate surface area is 203 Å². The third-order valence-corrected chi connectivity index (χ3v) is 6.66. The number of hydrogen-bond donors (Lipinski definition) is 4. The lowest BCUT2D eigenvalue weighted by molar-refractivity contribution is 0.0942. The number of halogens is 1. The third kappa shape index (κ3) is 6.41. The van der Waals surface area contributed by atoms with E-state index in [0.717, 1.165) is 29.8 Å². The molecule has 0 radical (unpaired) electrons. The van der Waals surface area contributed by atoms with Crippen molar-refractivity contribution >= 4 is 29.2 Å². The summed E-state index contributed by atoms with van der Waals surface area (Å²) in [5.41, 5.74) is 7.72. The predicted molar refractivity (Wildman–Crippen MR) is 134 cm³/mol. The number of aliphatic hydroxyl groups excluding tert-OH is 2. The molecule has 0 fully saturated rings. The summed E-state index contributed by atoms with van der Waals surface area (Å²) < 4.78 is 8.02. The fraction of sp³-hybridized carbons (Fsp3) is 0.280. The second-order valence-corrected chi connectivity index (χ2v) is 9.23. The molecule has 1 aliphatic rings. The number of benzene rings is 3. The molecule has 1 atom stereocenters. The second-order valence-electron chi connectivity index (χ2n) is 7.79. The van der Waals surface area contributed by atoms with E-state index in [4.69, 9.17) is 21.4 Å². The molecule has 0 saturated carbocycles. The lowest BCUT2D eigenvalue weighted by Crippen LogP contribution is -2.30. The van der Waals surface area contributed by atoms with E-state index in [-0.39, 0.29) is 6.61 Å². The number of rotatable bonds is 11. The van der Waals surface area contributed by atoms with Gasteiger partial charge in [0.05, 0.1) is 36.6 Å². The van der Waals surface area contributed by atoms with Crippen LogP contribution in [0.5, 0.6) is 5.75 Å². The van der Waals surface area contributed by atoms with E-state index < -0.39 is 6.10 Å². The van der Waals surface area contributed by atoms with Gasteiger partial charge in [0.2, 0.25) is 0 Å². The first-order valence-electron chi connectivity index (χ1n) is 11.0. The summed E-state index contributed by atoms with van der Waals surface area (Å²) in [5, 5.41) is 21.8. The number of nitrogens with one attached hydrogen (secondary N) is 2. The van der Waals surface area contributed by atoms with Gasteiger partial charge >= 0.3 is 0 Å². The highest BCUT2D eigenvalue weighted by atomic mass is 35.5. The van der Waals surface area contributed by atoms with Crippen LogP contribution in [0.15, 0.2) is 71.6 Å². The van der Waals surface area contributed by atoms with E-state index in [0.29, 0.717) is 30.5 Å². The van der Waals surface area contributed by atoms with Gasteiger partial charge in [-0.25, -0.2) is 0 Å². The van der Waals surface area contributed by atoms with Gasteiger partial charge < -0.3 is 25.7 Å². The second kappa shape index (κ2) is 11.7. The molecule has 0 amide bonds. The Balaban J connectivity index is 1.35. The summed E-state index contributed by atoms with van der Waals surface area (Å²) in [6, 6.07) is 22.4. The number of hydrazine groups is 1. The fourth-order valence-corrected chi connectivity index (χ4v) is 4.82. The van der Waals surface area contributed by atoms with Crippen molar-refractivity contribution in [2.24, 2.45) is 0 Å². The van der Waals surface area contributed by atoms with Crippen molar-refractivity contribution in [1.82, 2.24) is 9.73 Å². The number of anilines is 1. The minimum atomic E-state index is -0.735. The lowest BCUT2D eigenvalue weighted by atomic mass is 10.0. The van der Waals surface area contributed by atoms with Crippen molar-refractivity contribution in [3.63, 3.8) is 0 Å². The van der Waals surface area contributed by atoms with Gasteiger partial charge in [-0.05, 0) is 60.3 Å². The molecule has 0 spiro atoms. The molecule has 1 aliphatic heterocycles. The molecule has 0 aliphatic carbocycles. The van der Waals surface area contributed by atoms with Gasteiger partial charge in [-0.3, -0.25) is 0 Å². The molecule has 8 heteroatoms. The lowest BCUT2D eigenvalue weighted by Gasteiger charge is -2.17. The van der Waals surface area contributed by atoms with Crippen LogP contribution >= 0.6 is 23.5 Å². The van der Waals surface area contributed by atoms with Gasteiger partial charge in [-0.15, -0.1) is 0 Å². The van der Waals surface area contributed by atoms with Crippen molar-refractivity contribution in [3.8, 4) is 16.9 Å². The molecule has 3 aromatic rings. The summed E-state index contributed by atoms with van der Waals surface area (Å²) in [4.78, 5) is 1.27. The van der Waals surface area contributed by atoms with Crippen molar-refractivity contribution < 1.29 is 14.9 Å². The Hall–Kier alpha value is -2.26. The largest absolute Gasteiger partial charge is 0.492 e. The van der Waals surface area contributed by atoms with Gasteiger partial charge in [-0.2, -0.15) is 4.41 Å². The molecule has 0 saturated heterocycles. The summed E-state index contributed by atoms with van der Waals surface area (Å²) in [7, 11) is 0. The molecule has 1 heterocycles. The number of aliphatic hydroxyl groups is 2. The van der Waals surface area contributed by atoms with E-state index in [2.05, 4.69) is 45.5 Å². The van der Waals surface area contributed by atoms with Crippen molar-refractivity contribution in [2.75, 3.05) is 31.7 Å². The zero-order chi connectivity index (χ0) is 23.0. The first-order valence-corrected chi connectivity index (χ1v) is 12.1. The minimum absolute atomic E-state index is 0.243. The van der Waals surface area contributed by atoms with Crippen LogP contribution in [-0.4, -0.2) is 47.0 Å². The number of hydrogen-bond acceptors (Lipinski definition) is 7. The van der Waals surface area contributed by atoms with E-state index in [1.165, 1.54) is 10.5 Å². The van der Waals surface area contributed by atoms with Gasteiger partial charge in [0.25, 0.3) is 0 Å². The van der Waals surface area contributed by atoms with Crippen LogP contribution in [0.4, 0.5) is 5.69 Å². The maximum atomic E-state index is 9.34. The number of nitrogens with zero attached hydrogens (tertiary/aromatic N) is 1. The fourth-order valence-electron chi connectivity index (χ4n) is 3.55. The van der Waals surface area contributed by atoms with Crippen molar-refractivity contribution in [1.29, 1.82) is 0 Å². The molecular weight excluding hydrogens is 458 g/mol. The Bertz CT molecular complexity index is 1040. The third-order valence-electron chi connectivity index (χ3n) is 5.23. The Morgan fingerprint density at radius 3 is 2.79 bits per heavy atom. The molecule has 0 aromatic heterocycles. The molecule has 3 aromatic carbocycles. The van der Waals surface area contributed by atoms with E-state index in [1.54, 1.807) is 11.9 Å². The summed E-state index contributed by atoms with van der Waals surface area (Å²) in [5.74, 6) is 0.647. The highest BCUT2D eigenvalue weighted by molar-refractivity contribution is 7.97. The highest BCUT2D eigenvalue weighted by Gasteiger charge is 2.19. The summed E-state index contributed by atoms with van der Waals surface area (Å²) in [6.07, 6.45) is 0.0234. The van der Waals surface area contributed by atoms with Crippen LogP contribution in [0.2, 0.25) is 5.02 Å². The number of ether oxygens (including phenoxy) is 1. The average Bonchev–Trinajstić information content (AvgIpc) is 3.24. The highest BCUT2D eigenvalue weighted by Crippen LogP contribution is 2.38. The zero-order valence-electron chi connectivity index (χ0n) is 18.2. The molecule has 0 bridgehead atoms. The van der Waals surface area contributed by atoms with Gasteiger partial charge in [0, 0.05) is 17.0 Å². The molecule has 174 valence electrons. The summed E-state index contributed by atoms with van der Waals surface area (Å²) >= 11 is 8.39. The van der Waals surface area contributed by atoms with Crippen LogP contribution in [0, 0.1) is 0 Å². The first kappa shape index (κ1) is 23.9. The van der Waals surface area contributed by atoms with E-state index in [1.807, 2.05) is 36.4 Å². The van der Waals surface area contributed by atoms with Gasteiger partial charge in [0.1, 0.15) is 5.75 Å². The Morgan fingerprint density at radius 1 is 1.09 bits per heavy atom. The average molecular weight is 486 g/mol. The van der Waals surface area contributed by atoms with E-state index in [9.17, 15) is 5.11 Å². The van der Waals surface area contributed by atoms with Gasteiger partial charge in [-0.1, -0.05) is 54.1 Å². The molecule has 1 unspecified atom stereocenters.